The van der Waals surface area contributed by atoms with Gasteiger partial charge in [0.1, 0.15) is 23.3 Å². The number of benzene rings is 3. The van der Waals surface area contributed by atoms with Gasteiger partial charge in [0, 0.05) is 6.07 Å². The van der Waals surface area contributed by atoms with Gasteiger partial charge in [-0.2, -0.15) is 0 Å². The number of methoxy groups -OCH3 is 3. The van der Waals surface area contributed by atoms with Gasteiger partial charge in [-0.15, -0.1) is 0 Å². The van der Waals surface area contributed by atoms with Crippen molar-refractivity contribution in [2.75, 3.05) is 21.3 Å². The van der Waals surface area contributed by atoms with Gasteiger partial charge in [0.05, 0.1) is 38.7 Å². The lowest BCUT2D eigenvalue weighted by atomic mass is 10.0. The van der Waals surface area contributed by atoms with E-state index in [2.05, 4.69) is 0 Å². The molecule has 0 aliphatic heterocycles. The molecular formula is C26H22O7. The maximum atomic E-state index is 13.1. The first-order valence-corrected chi connectivity index (χ1v) is 10.1. The molecule has 4 rings (SSSR count). The van der Waals surface area contributed by atoms with Crippen LogP contribution < -0.4 is 24.4 Å². The molecule has 0 amide bonds. The lowest BCUT2D eigenvalue weighted by molar-refractivity contribution is -0.133. The van der Waals surface area contributed by atoms with Crippen molar-refractivity contribution in [1.29, 1.82) is 0 Å². The number of ether oxygens (including phenoxy) is 4. The van der Waals surface area contributed by atoms with Crippen LogP contribution in [0.15, 0.2) is 76.1 Å². The topological polar surface area (TPSA) is 84.2 Å². The molecule has 4 aromatic rings. The van der Waals surface area contributed by atoms with Gasteiger partial charge in [-0.1, -0.05) is 18.2 Å². The van der Waals surface area contributed by atoms with Crippen LogP contribution in [0.5, 0.6) is 23.0 Å². The first kappa shape index (κ1) is 22.0. The Kier molecular flexibility index (Phi) is 6.31. The van der Waals surface area contributed by atoms with E-state index in [0.29, 0.717) is 45.1 Å². The number of rotatable bonds is 7. The van der Waals surface area contributed by atoms with Crippen LogP contribution in [0.1, 0.15) is 5.56 Å². The van der Waals surface area contributed by atoms with Gasteiger partial charge < -0.3 is 23.4 Å². The van der Waals surface area contributed by atoms with E-state index in [0.717, 1.165) is 5.56 Å². The van der Waals surface area contributed by atoms with E-state index in [9.17, 15) is 9.59 Å². The number of fused-ring (bicyclic) bond motifs is 1. The van der Waals surface area contributed by atoms with E-state index in [4.69, 9.17) is 23.4 Å². The molecule has 0 saturated carbocycles. The van der Waals surface area contributed by atoms with Crippen LogP contribution in [0.25, 0.3) is 22.1 Å². The monoisotopic (exact) mass is 446 g/mol. The second-order valence-corrected chi connectivity index (χ2v) is 7.21. The predicted molar refractivity (Wildman–Crippen MR) is 123 cm³/mol. The van der Waals surface area contributed by atoms with Gasteiger partial charge in [-0.3, -0.25) is 9.59 Å². The molecule has 0 aliphatic carbocycles. The molecule has 0 saturated heterocycles. The maximum absolute atomic E-state index is 13.1. The van der Waals surface area contributed by atoms with Gasteiger partial charge in [-0.25, -0.2) is 0 Å². The largest absolute Gasteiger partial charge is 0.497 e. The summed E-state index contributed by atoms with van der Waals surface area (Å²) in [7, 11) is 4.66. The zero-order valence-corrected chi connectivity index (χ0v) is 18.4. The first-order valence-electron chi connectivity index (χ1n) is 10.1. The van der Waals surface area contributed by atoms with Crippen molar-refractivity contribution >= 4 is 16.9 Å². The van der Waals surface area contributed by atoms with Gasteiger partial charge in [0.25, 0.3) is 0 Å². The molecule has 0 spiro atoms. The number of hydrogen-bond acceptors (Lipinski definition) is 7. The number of carbonyl (C=O) groups is 1. The van der Waals surface area contributed by atoms with E-state index in [1.54, 1.807) is 68.8 Å². The normalized spacial score (nSPS) is 10.6. The standard InChI is InChI=1S/C26H22O7/c1-29-18-7-4-16(5-8-18)12-25(27)33-19-9-10-20-23(14-19)32-15-21(26(20)28)17-6-11-22(30-2)24(13-17)31-3/h4-11,13-15H,12H2,1-3H3. The van der Waals surface area contributed by atoms with Crippen LogP contribution in [0.2, 0.25) is 0 Å². The van der Waals surface area contributed by atoms with Crippen LogP contribution in [-0.2, 0) is 11.2 Å². The molecule has 0 N–H and O–H groups in total. The Bertz CT molecular complexity index is 1350. The molecule has 0 aliphatic rings. The van der Waals surface area contributed by atoms with Crippen molar-refractivity contribution in [1.82, 2.24) is 0 Å². The molecule has 7 nitrogen and oxygen atoms in total. The summed E-state index contributed by atoms with van der Waals surface area (Å²) in [5.74, 6) is 1.65. The molecule has 168 valence electrons. The highest BCUT2D eigenvalue weighted by Crippen LogP contribution is 2.32. The third kappa shape index (κ3) is 4.67. The summed E-state index contributed by atoms with van der Waals surface area (Å²) in [5, 5.41) is 0.372. The van der Waals surface area contributed by atoms with Crippen LogP contribution in [-0.4, -0.2) is 27.3 Å². The molecule has 7 heteroatoms. The number of carbonyl (C=O) groups excluding carboxylic acids is 1. The van der Waals surface area contributed by atoms with Crippen molar-refractivity contribution in [3.8, 4) is 34.1 Å². The zero-order valence-electron chi connectivity index (χ0n) is 18.4. The average molecular weight is 446 g/mol. The minimum Gasteiger partial charge on any atom is -0.497 e. The average Bonchev–Trinajstić information content (AvgIpc) is 2.84. The molecule has 1 aromatic heterocycles. The summed E-state index contributed by atoms with van der Waals surface area (Å²) >= 11 is 0. The van der Waals surface area contributed by atoms with Gasteiger partial charge >= 0.3 is 5.97 Å². The third-order valence-corrected chi connectivity index (χ3v) is 5.18. The quantitative estimate of drug-likeness (QED) is 0.302. The molecule has 0 atom stereocenters. The summed E-state index contributed by atoms with van der Waals surface area (Å²) in [6, 6.07) is 17.0. The Hall–Kier alpha value is -4.26. The van der Waals surface area contributed by atoms with Crippen LogP contribution in [0.4, 0.5) is 0 Å². The summed E-state index contributed by atoms with van der Waals surface area (Å²) in [6.45, 7) is 0. The van der Waals surface area contributed by atoms with E-state index in [-0.39, 0.29) is 11.8 Å². The minimum atomic E-state index is -0.427. The Labute approximate surface area is 190 Å². The van der Waals surface area contributed by atoms with E-state index >= 15 is 0 Å². The SMILES string of the molecule is COc1ccc(CC(=O)Oc2ccc3c(=O)c(-c4ccc(OC)c(OC)c4)coc3c2)cc1. The third-order valence-electron chi connectivity index (χ3n) is 5.18. The second kappa shape index (κ2) is 9.48. The molecule has 0 fully saturated rings. The Morgan fingerprint density at radius 1 is 0.818 bits per heavy atom. The molecule has 3 aromatic carbocycles. The van der Waals surface area contributed by atoms with Gasteiger partial charge in [0.15, 0.2) is 16.9 Å². The van der Waals surface area contributed by atoms with Crippen molar-refractivity contribution in [3.63, 3.8) is 0 Å². The molecule has 0 bridgehead atoms. The summed E-state index contributed by atoms with van der Waals surface area (Å²) in [5.41, 5.74) is 1.93. The highest BCUT2D eigenvalue weighted by molar-refractivity contribution is 5.84. The van der Waals surface area contributed by atoms with Crippen LogP contribution >= 0.6 is 0 Å². The van der Waals surface area contributed by atoms with Crippen LogP contribution in [0.3, 0.4) is 0 Å². The minimum absolute atomic E-state index is 0.101. The fraction of sp³-hybridized carbons (Fsp3) is 0.154. The lowest BCUT2D eigenvalue weighted by Gasteiger charge is -2.10. The Balaban J connectivity index is 1.56. The molecule has 1 heterocycles. The summed E-state index contributed by atoms with van der Waals surface area (Å²) in [4.78, 5) is 25.4. The van der Waals surface area contributed by atoms with E-state index in [1.165, 1.54) is 19.4 Å². The fourth-order valence-corrected chi connectivity index (χ4v) is 3.45. The van der Waals surface area contributed by atoms with E-state index in [1.807, 2.05) is 0 Å². The summed E-state index contributed by atoms with van der Waals surface area (Å²) in [6.07, 6.45) is 1.49. The number of hydrogen-bond donors (Lipinski definition) is 0. The van der Waals surface area contributed by atoms with Crippen molar-refractivity contribution in [3.05, 3.63) is 82.7 Å². The van der Waals surface area contributed by atoms with Crippen molar-refractivity contribution in [2.24, 2.45) is 0 Å². The summed E-state index contributed by atoms with van der Waals surface area (Å²) < 4.78 is 26.8. The Morgan fingerprint density at radius 3 is 2.24 bits per heavy atom. The highest BCUT2D eigenvalue weighted by atomic mass is 16.5. The smallest absolute Gasteiger partial charge is 0.315 e. The second-order valence-electron chi connectivity index (χ2n) is 7.21. The highest BCUT2D eigenvalue weighted by Gasteiger charge is 2.14. The van der Waals surface area contributed by atoms with E-state index < -0.39 is 5.97 Å². The van der Waals surface area contributed by atoms with Crippen molar-refractivity contribution in [2.45, 2.75) is 6.42 Å². The van der Waals surface area contributed by atoms with Crippen molar-refractivity contribution < 1.29 is 28.2 Å². The molecule has 0 unspecified atom stereocenters. The molecule has 0 radical (unpaired) electrons. The molecular weight excluding hydrogens is 424 g/mol. The molecule has 33 heavy (non-hydrogen) atoms. The zero-order chi connectivity index (χ0) is 23.4. The first-order chi connectivity index (χ1) is 16.0. The van der Waals surface area contributed by atoms with Gasteiger partial charge in [0.2, 0.25) is 0 Å². The van der Waals surface area contributed by atoms with Crippen LogP contribution in [0, 0.1) is 0 Å². The fourth-order valence-electron chi connectivity index (χ4n) is 3.45. The lowest BCUT2D eigenvalue weighted by Crippen LogP contribution is -2.11. The Morgan fingerprint density at radius 2 is 1.55 bits per heavy atom. The van der Waals surface area contributed by atoms with Gasteiger partial charge in [-0.05, 0) is 47.5 Å². The predicted octanol–water partition coefficient (Wildman–Crippen LogP) is 4.63. The number of esters is 1. The maximum Gasteiger partial charge on any atom is 0.315 e.